The van der Waals surface area contributed by atoms with Crippen molar-refractivity contribution in [2.75, 3.05) is 4.90 Å². The van der Waals surface area contributed by atoms with Crippen LogP contribution in [0.15, 0.2) is 182 Å². The molecule has 49 heavy (non-hydrogen) atoms. The van der Waals surface area contributed by atoms with E-state index in [4.69, 9.17) is 0 Å². The Balaban J connectivity index is 1.14. The highest BCUT2D eigenvalue weighted by molar-refractivity contribution is 7.25. The lowest BCUT2D eigenvalue weighted by molar-refractivity contribution is 1.18. The lowest BCUT2D eigenvalue weighted by atomic mass is 10.0. The van der Waals surface area contributed by atoms with Crippen LogP contribution >= 0.6 is 11.3 Å². The number of para-hydroxylation sites is 3. The molecule has 3 heteroatoms. The standard InChI is InChI=1S/C46H30N2S/c1-2-14-35-31(12-1)13-11-22-41(35)47(34-28-29-40-39-18-6-10-23-45(39)49-46(40)30-34)33-26-24-32(25-27-33)36-15-3-7-19-42(36)48-43-20-8-4-16-37(43)38-17-5-9-21-44(38)48/h1-30H. The van der Waals surface area contributed by atoms with Crippen LogP contribution in [-0.4, -0.2) is 4.57 Å². The van der Waals surface area contributed by atoms with Gasteiger partial charge in [0.1, 0.15) is 0 Å². The zero-order valence-electron chi connectivity index (χ0n) is 26.6. The van der Waals surface area contributed by atoms with Crippen LogP contribution in [0.3, 0.4) is 0 Å². The summed E-state index contributed by atoms with van der Waals surface area (Å²) in [5.74, 6) is 0. The van der Waals surface area contributed by atoms with Crippen LogP contribution in [0.4, 0.5) is 17.1 Å². The van der Waals surface area contributed by atoms with Crippen LogP contribution in [0.25, 0.3) is 69.6 Å². The van der Waals surface area contributed by atoms with E-state index in [1.54, 1.807) is 0 Å². The molecule has 0 unspecified atom stereocenters. The molecule has 0 N–H and O–H groups in total. The smallest absolute Gasteiger partial charge is 0.0541 e. The third kappa shape index (κ3) is 4.47. The van der Waals surface area contributed by atoms with E-state index >= 15 is 0 Å². The summed E-state index contributed by atoms with van der Waals surface area (Å²) in [6, 6.07) is 66.2. The summed E-state index contributed by atoms with van der Waals surface area (Å²) in [6.07, 6.45) is 0. The molecular weight excluding hydrogens is 613 g/mol. The summed E-state index contributed by atoms with van der Waals surface area (Å²) < 4.78 is 5.02. The lowest BCUT2D eigenvalue weighted by Gasteiger charge is -2.27. The molecule has 2 nitrogen and oxygen atoms in total. The monoisotopic (exact) mass is 642 g/mol. The van der Waals surface area contributed by atoms with Crippen molar-refractivity contribution in [3.05, 3.63) is 182 Å². The Morgan fingerprint density at radius 3 is 1.80 bits per heavy atom. The van der Waals surface area contributed by atoms with E-state index in [0.29, 0.717) is 0 Å². The van der Waals surface area contributed by atoms with Gasteiger partial charge in [0.2, 0.25) is 0 Å². The number of benzene rings is 8. The van der Waals surface area contributed by atoms with E-state index in [1.807, 2.05) is 11.3 Å². The Morgan fingerprint density at radius 1 is 0.408 bits per heavy atom. The molecule has 0 saturated carbocycles. The molecule has 0 bridgehead atoms. The number of nitrogens with zero attached hydrogens (tertiary/aromatic N) is 2. The molecule has 230 valence electrons. The highest BCUT2D eigenvalue weighted by Crippen LogP contribution is 2.43. The van der Waals surface area contributed by atoms with Gasteiger partial charge in [-0.2, -0.15) is 0 Å². The van der Waals surface area contributed by atoms with Crippen molar-refractivity contribution in [3.8, 4) is 16.8 Å². The van der Waals surface area contributed by atoms with Crippen LogP contribution in [-0.2, 0) is 0 Å². The number of hydrogen-bond acceptors (Lipinski definition) is 2. The number of aromatic nitrogens is 1. The predicted octanol–water partition coefficient (Wildman–Crippen LogP) is 13.4. The van der Waals surface area contributed by atoms with Gasteiger partial charge in [0.05, 0.1) is 22.4 Å². The van der Waals surface area contributed by atoms with Gasteiger partial charge < -0.3 is 9.47 Å². The maximum absolute atomic E-state index is 2.41. The summed E-state index contributed by atoms with van der Waals surface area (Å²) in [7, 11) is 0. The van der Waals surface area contributed by atoms with E-state index in [1.165, 1.54) is 69.6 Å². The van der Waals surface area contributed by atoms with E-state index in [0.717, 1.165) is 17.1 Å². The van der Waals surface area contributed by atoms with Crippen molar-refractivity contribution in [2.24, 2.45) is 0 Å². The first-order chi connectivity index (χ1) is 24.3. The second-order valence-corrected chi connectivity index (χ2v) is 13.6. The molecule has 0 spiro atoms. The van der Waals surface area contributed by atoms with Gasteiger partial charge in [0.15, 0.2) is 0 Å². The van der Waals surface area contributed by atoms with E-state index in [9.17, 15) is 0 Å². The SMILES string of the molecule is c1ccc(-n2c3ccccc3c3ccccc32)c(-c2ccc(N(c3ccc4c(c3)sc3ccccc34)c3cccc4ccccc34)cc2)c1. The Kier molecular flexibility index (Phi) is 6.39. The average molecular weight is 643 g/mol. The average Bonchev–Trinajstić information content (AvgIpc) is 3.71. The van der Waals surface area contributed by atoms with Crippen LogP contribution in [0.1, 0.15) is 0 Å². The maximum Gasteiger partial charge on any atom is 0.0541 e. The van der Waals surface area contributed by atoms with Gasteiger partial charge in [-0.05, 0) is 65.5 Å². The highest BCUT2D eigenvalue weighted by Gasteiger charge is 2.19. The second-order valence-electron chi connectivity index (χ2n) is 12.5. The van der Waals surface area contributed by atoms with Gasteiger partial charge in [-0.1, -0.05) is 127 Å². The normalized spacial score (nSPS) is 11.7. The van der Waals surface area contributed by atoms with Gasteiger partial charge in [-0.3, -0.25) is 0 Å². The Morgan fingerprint density at radius 2 is 1.00 bits per heavy atom. The van der Waals surface area contributed by atoms with E-state index in [-0.39, 0.29) is 0 Å². The summed E-state index contributed by atoms with van der Waals surface area (Å²) in [5.41, 5.74) is 9.41. The number of fused-ring (bicyclic) bond motifs is 7. The molecule has 0 atom stereocenters. The topological polar surface area (TPSA) is 8.17 Å². The molecule has 0 aliphatic rings. The molecule has 10 aromatic rings. The van der Waals surface area contributed by atoms with Crippen molar-refractivity contribution in [1.82, 2.24) is 4.57 Å². The molecule has 10 rings (SSSR count). The minimum absolute atomic E-state index is 1.12. The fourth-order valence-electron chi connectivity index (χ4n) is 7.57. The second kappa shape index (κ2) is 11.2. The van der Waals surface area contributed by atoms with Crippen molar-refractivity contribution in [1.29, 1.82) is 0 Å². The Labute approximate surface area is 288 Å². The van der Waals surface area contributed by atoms with Gasteiger partial charge in [0.25, 0.3) is 0 Å². The first-order valence-corrected chi connectivity index (χ1v) is 17.5. The van der Waals surface area contributed by atoms with Gasteiger partial charge >= 0.3 is 0 Å². The van der Waals surface area contributed by atoms with Crippen molar-refractivity contribution < 1.29 is 0 Å². The fraction of sp³-hybridized carbons (Fsp3) is 0. The number of anilines is 3. The minimum Gasteiger partial charge on any atom is -0.310 e. The molecule has 0 radical (unpaired) electrons. The Bertz CT molecular complexity index is 2780. The maximum atomic E-state index is 2.41. The zero-order valence-corrected chi connectivity index (χ0v) is 27.4. The molecule has 2 aromatic heterocycles. The zero-order chi connectivity index (χ0) is 32.3. The molecule has 8 aromatic carbocycles. The largest absolute Gasteiger partial charge is 0.310 e. The van der Waals surface area contributed by atoms with Gasteiger partial charge in [-0.15, -0.1) is 11.3 Å². The molecule has 0 aliphatic carbocycles. The van der Waals surface area contributed by atoms with Crippen LogP contribution in [0, 0.1) is 0 Å². The van der Waals surface area contributed by atoms with Crippen LogP contribution in [0.2, 0.25) is 0 Å². The van der Waals surface area contributed by atoms with Crippen molar-refractivity contribution >= 4 is 81.1 Å². The quantitative estimate of drug-likeness (QED) is 0.181. The summed E-state index contributed by atoms with van der Waals surface area (Å²) in [6.45, 7) is 0. The van der Waals surface area contributed by atoms with Crippen LogP contribution in [0.5, 0.6) is 0 Å². The highest BCUT2D eigenvalue weighted by atomic mass is 32.1. The summed E-state index contributed by atoms with van der Waals surface area (Å²) >= 11 is 1.86. The molecular formula is C46H30N2S. The van der Waals surface area contributed by atoms with Crippen molar-refractivity contribution in [3.63, 3.8) is 0 Å². The molecule has 0 fully saturated rings. The molecule has 0 aliphatic heterocycles. The third-order valence-electron chi connectivity index (χ3n) is 9.79. The first-order valence-electron chi connectivity index (χ1n) is 16.7. The third-order valence-corrected chi connectivity index (χ3v) is 10.9. The van der Waals surface area contributed by atoms with E-state index in [2.05, 4.69) is 191 Å². The number of hydrogen-bond donors (Lipinski definition) is 0. The molecule has 0 saturated heterocycles. The number of rotatable bonds is 5. The van der Waals surface area contributed by atoms with Crippen LogP contribution < -0.4 is 4.90 Å². The predicted molar refractivity (Wildman–Crippen MR) is 211 cm³/mol. The van der Waals surface area contributed by atoms with E-state index < -0.39 is 0 Å². The first kappa shape index (κ1) is 27.9. The fourth-order valence-corrected chi connectivity index (χ4v) is 8.71. The molecule has 0 amide bonds. The van der Waals surface area contributed by atoms with Crippen molar-refractivity contribution in [2.45, 2.75) is 0 Å². The Hall–Kier alpha value is -6.16. The molecule has 2 heterocycles. The summed E-state index contributed by atoms with van der Waals surface area (Å²) in [5, 5.41) is 7.61. The minimum atomic E-state index is 1.12. The number of thiophene rings is 1. The lowest BCUT2D eigenvalue weighted by Crippen LogP contribution is -2.10. The van der Waals surface area contributed by atoms with Gasteiger partial charge in [0, 0.05) is 53.3 Å². The van der Waals surface area contributed by atoms with Gasteiger partial charge in [-0.25, -0.2) is 0 Å². The summed E-state index contributed by atoms with van der Waals surface area (Å²) in [4.78, 5) is 2.41.